The SMILES string of the molecule is CC(C)c1ccccc1OCC(=O)Nc1ncc(Cc2cc(Cl)ccc2Cl)s1. The molecule has 1 N–H and O–H groups in total. The Morgan fingerprint density at radius 2 is 2.00 bits per heavy atom. The van der Waals surface area contributed by atoms with Crippen molar-refractivity contribution in [1.29, 1.82) is 0 Å². The molecule has 0 atom stereocenters. The number of nitrogens with zero attached hydrogens (tertiary/aromatic N) is 1. The summed E-state index contributed by atoms with van der Waals surface area (Å²) in [5.74, 6) is 0.794. The largest absolute Gasteiger partial charge is 0.483 e. The molecule has 0 unspecified atom stereocenters. The maximum Gasteiger partial charge on any atom is 0.264 e. The van der Waals surface area contributed by atoms with E-state index in [1.165, 1.54) is 11.3 Å². The van der Waals surface area contributed by atoms with Crippen LogP contribution in [0.25, 0.3) is 0 Å². The Labute approximate surface area is 178 Å². The first kappa shape index (κ1) is 20.6. The van der Waals surface area contributed by atoms with E-state index in [1.54, 1.807) is 18.3 Å². The summed E-state index contributed by atoms with van der Waals surface area (Å²) in [7, 11) is 0. The molecular weight excluding hydrogens is 415 g/mol. The number of para-hydroxylation sites is 1. The molecule has 28 heavy (non-hydrogen) atoms. The zero-order valence-electron chi connectivity index (χ0n) is 15.5. The van der Waals surface area contributed by atoms with Crippen molar-refractivity contribution < 1.29 is 9.53 Å². The second kappa shape index (κ2) is 9.41. The van der Waals surface area contributed by atoms with Crippen LogP contribution in [-0.2, 0) is 11.2 Å². The molecule has 3 aromatic rings. The first-order chi connectivity index (χ1) is 13.4. The smallest absolute Gasteiger partial charge is 0.264 e. The standard InChI is InChI=1S/C21H20Cl2N2O2S/c1-13(2)17-5-3-4-6-19(17)27-12-20(26)25-21-24-11-16(28-21)10-14-9-15(22)7-8-18(14)23/h3-9,11,13H,10,12H2,1-2H3,(H,24,25,26). The third kappa shape index (κ3) is 5.47. The molecule has 0 saturated heterocycles. The van der Waals surface area contributed by atoms with Crippen LogP contribution in [0.15, 0.2) is 48.7 Å². The molecule has 0 aliphatic heterocycles. The van der Waals surface area contributed by atoms with Crippen molar-refractivity contribution in [2.24, 2.45) is 0 Å². The third-order valence-corrected chi connectivity index (χ3v) is 5.59. The van der Waals surface area contributed by atoms with Gasteiger partial charge >= 0.3 is 0 Å². The maximum atomic E-state index is 12.2. The van der Waals surface area contributed by atoms with E-state index in [1.807, 2.05) is 30.3 Å². The fourth-order valence-electron chi connectivity index (χ4n) is 2.70. The van der Waals surface area contributed by atoms with E-state index in [0.29, 0.717) is 27.5 Å². The predicted octanol–water partition coefficient (Wildman–Crippen LogP) is 6.18. The molecule has 0 aliphatic carbocycles. The highest BCUT2D eigenvalue weighted by Gasteiger charge is 2.12. The van der Waals surface area contributed by atoms with E-state index < -0.39 is 0 Å². The Morgan fingerprint density at radius 3 is 2.79 bits per heavy atom. The number of carbonyl (C=O) groups is 1. The summed E-state index contributed by atoms with van der Waals surface area (Å²) in [6.07, 6.45) is 2.33. The summed E-state index contributed by atoms with van der Waals surface area (Å²) in [5.41, 5.74) is 1.99. The van der Waals surface area contributed by atoms with Crippen molar-refractivity contribution >= 4 is 45.6 Å². The fourth-order valence-corrected chi connectivity index (χ4v) is 3.93. The van der Waals surface area contributed by atoms with Crippen LogP contribution in [0, 0.1) is 0 Å². The van der Waals surface area contributed by atoms with E-state index in [2.05, 4.69) is 24.1 Å². The molecule has 0 fully saturated rings. The van der Waals surface area contributed by atoms with Crippen molar-refractivity contribution in [3.8, 4) is 5.75 Å². The molecular formula is C21H20Cl2N2O2S. The number of amides is 1. The van der Waals surface area contributed by atoms with Crippen LogP contribution < -0.4 is 10.1 Å². The van der Waals surface area contributed by atoms with Crippen molar-refractivity contribution in [1.82, 2.24) is 4.98 Å². The zero-order valence-corrected chi connectivity index (χ0v) is 17.9. The van der Waals surface area contributed by atoms with E-state index in [9.17, 15) is 4.79 Å². The minimum absolute atomic E-state index is 0.0707. The van der Waals surface area contributed by atoms with Gasteiger partial charge in [0, 0.05) is 27.5 Å². The number of hydrogen-bond acceptors (Lipinski definition) is 4. The van der Waals surface area contributed by atoms with Crippen LogP contribution in [0.2, 0.25) is 10.0 Å². The molecule has 0 saturated carbocycles. The summed E-state index contributed by atoms with van der Waals surface area (Å²) in [6.45, 7) is 4.11. The minimum Gasteiger partial charge on any atom is -0.483 e. The number of rotatable bonds is 7. The lowest BCUT2D eigenvalue weighted by Crippen LogP contribution is -2.20. The molecule has 146 valence electrons. The molecule has 2 aromatic carbocycles. The number of halogens is 2. The van der Waals surface area contributed by atoms with Gasteiger partial charge in [0.1, 0.15) is 5.75 Å². The fraction of sp³-hybridized carbons (Fsp3) is 0.238. The molecule has 3 rings (SSSR count). The summed E-state index contributed by atoms with van der Waals surface area (Å²) >= 11 is 13.6. The molecule has 1 heterocycles. The normalized spacial score (nSPS) is 10.9. The number of benzene rings is 2. The first-order valence-electron chi connectivity index (χ1n) is 8.82. The van der Waals surface area contributed by atoms with Crippen molar-refractivity contribution in [3.05, 3.63) is 74.7 Å². The Kier molecular flexibility index (Phi) is 6.94. The van der Waals surface area contributed by atoms with Gasteiger partial charge in [-0.2, -0.15) is 0 Å². The molecule has 7 heteroatoms. The van der Waals surface area contributed by atoms with Crippen molar-refractivity contribution in [2.75, 3.05) is 11.9 Å². The molecule has 0 aliphatic rings. The van der Waals surface area contributed by atoms with Gasteiger partial charge in [-0.15, -0.1) is 11.3 Å². The third-order valence-electron chi connectivity index (χ3n) is 4.07. The number of ether oxygens (including phenoxy) is 1. The van der Waals surface area contributed by atoms with Crippen LogP contribution in [-0.4, -0.2) is 17.5 Å². The molecule has 4 nitrogen and oxygen atoms in total. The number of thiazole rings is 1. The Balaban J connectivity index is 1.58. The average Bonchev–Trinajstić information content (AvgIpc) is 3.10. The van der Waals surface area contributed by atoms with Crippen LogP contribution >= 0.6 is 34.5 Å². The van der Waals surface area contributed by atoms with Gasteiger partial charge in [-0.05, 0) is 41.3 Å². The van der Waals surface area contributed by atoms with Gasteiger partial charge in [-0.25, -0.2) is 4.98 Å². The quantitative estimate of drug-likeness (QED) is 0.482. The van der Waals surface area contributed by atoms with Gasteiger partial charge in [0.25, 0.3) is 5.91 Å². The van der Waals surface area contributed by atoms with E-state index in [-0.39, 0.29) is 12.5 Å². The van der Waals surface area contributed by atoms with Gasteiger partial charge in [-0.1, -0.05) is 55.2 Å². The summed E-state index contributed by atoms with van der Waals surface area (Å²) < 4.78 is 5.70. The predicted molar refractivity (Wildman–Crippen MR) is 116 cm³/mol. The Hall–Kier alpha value is -2.08. The molecule has 1 amide bonds. The van der Waals surface area contributed by atoms with Crippen LogP contribution in [0.5, 0.6) is 5.75 Å². The lowest BCUT2D eigenvalue weighted by atomic mass is 10.0. The van der Waals surface area contributed by atoms with E-state index >= 15 is 0 Å². The van der Waals surface area contributed by atoms with Crippen LogP contribution in [0.1, 0.15) is 35.8 Å². The molecule has 1 aromatic heterocycles. The highest BCUT2D eigenvalue weighted by atomic mass is 35.5. The number of hydrogen-bond donors (Lipinski definition) is 1. The lowest BCUT2D eigenvalue weighted by Gasteiger charge is -2.13. The highest BCUT2D eigenvalue weighted by Crippen LogP contribution is 2.28. The number of carbonyl (C=O) groups excluding carboxylic acids is 1. The molecule has 0 spiro atoms. The van der Waals surface area contributed by atoms with Crippen LogP contribution in [0.4, 0.5) is 5.13 Å². The second-order valence-electron chi connectivity index (χ2n) is 6.57. The molecule has 0 bridgehead atoms. The molecule has 0 radical (unpaired) electrons. The summed E-state index contributed by atoms with van der Waals surface area (Å²) in [5, 5.41) is 4.59. The van der Waals surface area contributed by atoms with Crippen molar-refractivity contribution in [2.45, 2.75) is 26.2 Å². The first-order valence-corrected chi connectivity index (χ1v) is 10.4. The number of nitrogens with one attached hydrogen (secondary N) is 1. The van der Waals surface area contributed by atoms with Crippen molar-refractivity contribution in [3.63, 3.8) is 0 Å². The Morgan fingerprint density at radius 1 is 1.21 bits per heavy atom. The van der Waals surface area contributed by atoms with Gasteiger partial charge < -0.3 is 4.74 Å². The monoisotopic (exact) mass is 434 g/mol. The minimum atomic E-state index is -0.250. The van der Waals surface area contributed by atoms with Gasteiger partial charge in [0.2, 0.25) is 0 Å². The number of aromatic nitrogens is 1. The van der Waals surface area contributed by atoms with Gasteiger partial charge in [0.05, 0.1) is 0 Å². The summed E-state index contributed by atoms with van der Waals surface area (Å²) in [4.78, 5) is 17.5. The van der Waals surface area contributed by atoms with E-state index in [4.69, 9.17) is 27.9 Å². The lowest BCUT2D eigenvalue weighted by molar-refractivity contribution is -0.118. The van der Waals surface area contributed by atoms with Gasteiger partial charge in [0.15, 0.2) is 11.7 Å². The Bertz CT molecular complexity index is 973. The maximum absolute atomic E-state index is 12.2. The van der Waals surface area contributed by atoms with E-state index in [0.717, 1.165) is 21.8 Å². The number of anilines is 1. The second-order valence-corrected chi connectivity index (χ2v) is 8.53. The average molecular weight is 435 g/mol. The topological polar surface area (TPSA) is 51.2 Å². The van der Waals surface area contributed by atoms with Gasteiger partial charge in [-0.3, -0.25) is 10.1 Å². The zero-order chi connectivity index (χ0) is 20.1. The van der Waals surface area contributed by atoms with Crippen LogP contribution in [0.3, 0.4) is 0 Å². The summed E-state index contributed by atoms with van der Waals surface area (Å²) in [6, 6.07) is 13.1. The highest BCUT2D eigenvalue weighted by molar-refractivity contribution is 7.15.